The van der Waals surface area contributed by atoms with Crippen LogP contribution < -0.4 is 10.2 Å². The zero-order chi connectivity index (χ0) is 29.5. The summed E-state index contributed by atoms with van der Waals surface area (Å²) in [6.45, 7) is 6.05. The predicted octanol–water partition coefficient (Wildman–Crippen LogP) is 6.62. The maximum absolute atomic E-state index is 14.0. The number of aromatic nitrogens is 2. The van der Waals surface area contributed by atoms with Gasteiger partial charge in [0.2, 0.25) is 5.91 Å². The van der Waals surface area contributed by atoms with E-state index in [1.54, 1.807) is 29.2 Å². The molecule has 1 N–H and O–H groups in total. The SMILES string of the molecule is Cc1cc(C)nc(SCC(=O)N(Cc2ccccc2C)[C@H](C(=O)Nc2ccc(N(C)C)cc2)c2ccc(Cl)cc2)n1. The van der Waals surface area contributed by atoms with E-state index < -0.39 is 6.04 Å². The monoisotopic (exact) mass is 587 g/mol. The van der Waals surface area contributed by atoms with Crippen LogP contribution in [0.3, 0.4) is 0 Å². The molecule has 9 heteroatoms. The summed E-state index contributed by atoms with van der Waals surface area (Å²) < 4.78 is 0. The average Bonchev–Trinajstić information content (AvgIpc) is 2.93. The first-order valence-corrected chi connectivity index (χ1v) is 14.6. The molecule has 212 valence electrons. The van der Waals surface area contributed by atoms with Crippen molar-refractivity contribution in [2.24, 2.45) is 0 Å². The lowest BCUT2D eigenvalue weighted by atomic mass is 10.0. The summed E-state index contributed by atoms with van der Waals surface area (Å²) in [5.41, 5.74) is 5.97. The zero-order valence-electron chi connectivity index (χ0n) is 23.9. The molecule has 3 aromatic carbocycles. The highest BCUT2D eigenvalue weighted by molar-refractivity contribution is 7.99. The lowest BCUT2D eigenvalue weighted by Gasteiger charge is -2.32. The van der Waals surface area contributed by atoms with Crippen molar-refractivity contribution in [1.82, 2.24) is 14.9 Å². The molecule has 1 atom stereocenters. The van der Waals surface area contributed by atoms with Gasteiger partial charge in [-0.2, -0.15) is 0 Å². The van der Waals surface area contributed by atoms with E-state index in [0.717, 1.165) is 28.2 Å². The van der Waals surface area contributed by atoms with Crippen molar-refractivity contribution in [3.05, 3.63) is 112 Å². The predicted molar refractivity (Wildman–Crippen MR) is 168 cm³/mol. The van der Waals surface area contributed by atoms with Gasteiger partial charge in [0.1, 0.15) is 6.04 Å². The minimum absolute atomic E-state index is 0.0731. The largest absolute Gasteiger partial charge is 0.378 e. The first kappa shape index (κ1) is 30.1. The molecule has 4 rings (SSSR count). The fourth-order valence-corrected chi connectivity index (χ4v) is 5.39. The summed E-state index contributed by atoms with van der Waals surface area (Å²) in [4.78, 5) is 40.6. The van der Waals surface area contributed by atoms with Crippen LogP contribution in [0.5, 0.6) is 0 Å². The number of aryl methyl sites for hydroxylation is 3. The maximum Gasteiger partial charge on any atom is 0.251 e. The standard InChI is InChI=1S/C32H34ClN5O2S/c1-21-8-6-7-9-25(21)19-38(29(39)20-41-32-34-22(2)18-23(3)35-32)30(24-10-12-26(33)13-11-24)31(40)36-27-14-16-28(17-15-27)37(4)5/h6-18,30H,19-20H2,1-5H3,(H,36,40)/t30-/m0/s1. The Labute approximate surface area is 251 Å². The van der Waals surface area contributed by atoms with Crippen molar-refractivity contribution in [2.75, 3.05) is 30.1 Å². The van der Waals surface area contributed by atoms with Gasteiger partial charge in [0, 0.05) is 48.4 Å². The summed E-state index contributed by atoms with van der Waals surface area (Å²) >= 11 is 7.46. The van der Waals surface area contributed by atoms with Gasteiger partial charge < -0.3 is 15.1 Å². The molecule has 0 bridgehead atoms. The van der Waals surface area contributed by atoms with Crippen molar-refractivity contribution in [3.8, 4) is 0 Å². The Morgan fingerprint density at radius 1 is 0.902 bits per heavy atom. The molecule has 0 aliphatic heterocycles. The van der Waals surface area contributed by atoms with Gasteiger partial charge in [-0.3, -0.25) is 9.59 Å². The van der Waals surface area contributed by atoms with Gasteiger partial charge in [-0.05, 0) is 79.9 Å². The third kappa shape index (κ3) is 8.08. The Kier molecular flexibility index (Phi) is 10.0. The molecule has 0 unspecified atom stereocenters. The van der Waals surface area contributed by atoms with Crippen molar-refractivity contribution in [3.63, 3.8) is 0 Å². The molecule has 0 aliphatic rings. The van der Waals surface area contributed by atoms with Crippen molar-refractivity contribution in [2.45, 2.75) is 38.5 Å². The Bertz CT molecular complexity index is 1490. The number of amides is 2. The Morgan fingerprint density at radius 2 is 1.54 bits per heavy atom. The first-order chi connectivity index (χ1) is 19.6. The quantitative estimate of drug-likeness (QED) is 0.166. The van der Waals surface area contributed by atoms with Gasteiger partial charge in [0.25, 0.3) is 5.91 Å². The highest BCUT2D eigenvalue weighted by Crippen LogP contribution is 2.29. The van der Waals surface area contributed by atoms with E-state index in [4.69, 9.17) is 11.6 Å². The second-order valence-corrected chi connectivity index (χ2v) is 11.4. The number of anilines is 2. The number of halogens is 1. The molecule has 1 heterocycles. The highest BCUT2D eigenvalue weighted by Gasteiger charge is 2.32. The Hall–Kier alpha value is -3.88. The lowest BCUT2D eigenvalue weighted by Crippen LogP contribution is -2.42. The molecule has 41 heavy (non-hydrogen) atoms. The van der Waals surface area contributed by atoms with Gasteiger partial charge in [0.15, 0.2) is 5.16 Å². The average molecular weight is 588 g/mol. The Balaban J connectivity index is 1.70. The fraction of sp³-hybridized carbons (Fsp3) is 0.250. The van der Waals surface area contributed by atoms with Crippen LogP contribution in [0, 0.1) is 20.8 Å². The number of thioether (sulfide) groups is 1. The summed E-state index contributed by atoms with van der Waals surface area (Å²) in [6.07, 6.45) is 0. The van der Waals surface area contributed by atoms with Gasteiger partial charge in [-0.1, -0.05) is 59.8 Å². The Morgan fingerprint density at radius 3 is 2.15 bits per heavy atom. The number of hydrogen-bond donors (Lipinski definition) is 1. The summed E-state index contributed by atoms with van der Waals surface area (Å²) in [7, 11) is 3.92. The number of carbonyl (C=O) groups excluding carboxylic acids is 2. The normalized spacial score (nSPS) is 11.6. The van der Waals surface area contributed by atoms with Gasteiger partial charge in [-0.15, -0.1) is 0 Å². The number of benzene rings is 3. The van der Waals surface area contributed by atoms with Crippen LogP contribution in [0.15, 0.2) is 84.0 Å². The summed E-state index contributed by atoms with van der Waals surface area (Å²) in [5.74, 6) is -0.456. The van der Waals surface area contributed by atoms with E-state index >= 15 is 0 Å². The molecule has 4 aromatic rings. The summed E-state index contributed by atoms with van der Waals surface area (Å²) in [6, 6.07) is 23.5. The number of hydrogen-bond acceptors (Lipinski definition) is 6. The molecule has 0 fully saturated rings. The first-order valence-electron chi connectivity index (χ1n) is 13.2. The van der Waals surface area contributed by atoms with Gasteiger partial charge in [0.05, 0.1) is 5.75 Å². The molecule has 0 spiro atoms. The van der Waals surface area contributed by atoms with Gasteiger partial charge in [-0.25, -0.2) is 9.97 Å². The van der Waals surface area contributed by atoms with Gasteiger partial charge >= 0.3 is 0 Å². The van der Waals surface area contributed by atoms with Crippen LogP contribution in [0.2, 0.25) is 5.02 Å². The smallest absolute Gasteiger partial charge is 0.251 e. The molecular weight excluding hydrogens is 554 g/mol. The van der Waals surface area contributed by atoms with E-state index in [-0.39, 0.29) is 24.1 Å². The van der Waals surface area contributed by atoms with Crippen molar-refractivity contribution < 1.29 is 9.59 Å². The zero-order valence-corrected chi connectivity index (χ0v) is 25.5. The minimum atomic E-state index is -0.909. The number of nitrogens with one attached hydrogen (secondary N) is 1. The lowest BCUT2D eigenvalue weighted by molar-refractivity contribution is -0.137. The van der Waals surface area contributed by atoms with Crippen LogP contribution in [-0.4, -0.2) is 46.5 Å². The number of carbonyl (C=O) groups is 2. The maximum atomic E-state index is 14.0. The topological polar surface area (TPSA) is 78.4 Å². The molecule has 0 saturated carbocycles. The summed E-state index contributed by atoms with van der Waals surface area (Å²) in [5, 5.41) is 4.11. The van der Waals surface area contributed by atoms with Crippen LogP contribution in [0.4, 0.5) is 11.4 Å². The third-order valence-corrected chi connectivity index (χ3v) is 7.69. The fourth-order valence-electron chi connectivity index (χ4n) is 4.43. The van der Waals surface area contributed by atoms with Crippen LogP contribution in [0.1, 0.15) is 34.1 Å². The second kappa shape index (κ2) is 13.7. The molecular formula is C32H34ClN5O2S. The molecule has 7 nitrogen and oxygen atoms in total. The molecule has 2 amide bonds. The van der Waals surface area contributed by atoms with Crippen molar-refractivity contribution >= 4 is 46.6 Å². The number of rotatable bonds is 10. The second-order valence-electron chi connectivity index (χ2n) is 10.1. The molecule has 1 aromatic heterocycles. The third-order valence-electron chi connectivity index (χ3n) is 6.61. The van der Waals surface area contributed by atoms with E-state index in [1.807, 2.05) is 94.4 Å². The van der Waals surface area contributed by atoms with Crippen LogP contribution in [0.25, 0.3) is 0 Å². The molecule has 0 radical (unpaired) electrons. The van der Waals surface area contributed by atoms with E-state index in [1.165, 1.54) is 11.8 Å². The van der Waals surface area contributed by atoms with E-state index in [0.29, 0.717) is 21.4 Å². The van der Waals surface area contributed by atoms with Crippen LogP contribution in [-0.2, 0) is 16.1 Å². The highest BCUT2D eigenvalue weighted by atomic mass is 35.5. The van der Waals surface area contributed by atoms with E-state index in [2.05, 4.69) is 15.3 Å². The minimum Gasteiger partial charge on any atom is -0.378 e. The number of nitrogens with zero attached hydrogens (tertiary/aromatic N) is 4. The van der Waals surface area contributed by atoms with Crippen LogP contribution >= 0.6 is 23.4 Å². The van der Waals surface area contributed by atoms with Crippen molar-refractivity contribution in [1.29, 1.82) is 0 Å². The molecule has 0 aliphatic carbocycles. The van der Waals surface area contributed by atoms with E-state index in [9.17, 15) is 9.59 Å². The molecule has 0 saturated heterocycles.